The number of hydrogen-bond acceptors (Lipinski definition) is 5. The fourth-order valence-electron chi connectivity index (χ4n) is 2.81. The summed E-state index contributed by atoms with van der Waals surface area (Å²) in [7, 11) is 1.96. The highest BCUT2D eigenvalue weighted by molar-refractivity contribution is 5.63. The Morgan fingerprint density at radius 2 is 2.19 bits per heavy atom. The molecule has 1 aliphatic rings. The van der Waals surface area contributed by atoms with E-state index in [-0.39, 0.29) is 5.69 Å². The first-order chi connectivity index (χ1) is 10.2. The third-order valence-corrected chi connectivity index (χ3v) is 4.07. The molecule has 0 spiro atoms. The number of nitro benzene ring substituents is 1. The molecule has 1 aliphatic heterocycles. The lowest BCUT2D eigenvalue weighted by Gasteiger charge is -2.34. The van der Waals surface area contributed by atoms with Crippen molar-refractivity contribution in [2.45, 2.75) is 19.3 Å². The number of non-ortho nitro benzene ring substituents is 1. The molecule has 0 aliphatic carbocycles. The van der Waals surface area contributed by atoms with Gasteiger partial charge in [0.2, 0.25) is 0 Å². The summed E-state index contributed by atoms with van der Waals surface area (Å²) >= 11 is 0. The second-order valence-electron chi connectivity index (χ2n) is 5.39. The highest BCUT2D eigenvalue weighted by Crippen LogP contribution is 2.29. The summed E-state index contributed by atoms with van der Waals surface area (Å²) in [6.07, 6.45) is 3.38. The third kappa shape index (κ3) is 3.70. The van der Waals surface area contributed by atoms with Gasteiger partial charge in [0.15, 0.2) is 0 Å². The van der Waals surface area contributed by atoms with Crippen LogP contribution < -0.4 is 10.2 Å². The lowest BCUT2D eigenvalue weighted by Crippen LogP contribution is -2.34. The summed E-state index contributed by atoms with van der Waals surface area (Å²) in [5.74, 6) is 0.720. The van der Waals surface area contributed by atoms with Crippen molar-refractivity contribution in [2.75, 3.05) is 31.6 Å². The molecule has 0 aromatic heterocycles. The Kier molecular flexibility index (Phi) is 5.12. The van der Waals surface area contributed by atoms with Crippen molar-refractivity contribution in [3.63, 3.8) is 0 Å². The molecule has 6 heteroatoms. The number of anilines is 1. The molecule has 1 fully saturated rings. The van der Waals surface area contributed by atoms with Gasteiger partial charge in [-0.15, -0.1) is 0 Å². The maximum Gasteiger partial charge on any atom is 0.270 e. The Morgan fingerprint density at radius 3 is 2.76 bits per heavy atom. The van der Waals surface area contributed by atoms with Gasteiger partial charge in [0, 0.05) is 25.2 Å². The summed E-state index contributed by atoms with van der Waals surface area (Å²) in [6, 6.07) is 6.62. The zero-order chi connectivity index (χ0) is 15.2. The van der Waals surface area contributed by atoms with E-state index in [4.69, 9.17) is 0 Å². The van der Waals surface area contributed by atoms with E-state index in [1.807, 2.05) is 7.05 Å². The molecule has 0 saturated carbocycles. The van der Waals surface area contributed by atoms with Crippen LogP contribution in [0, 0.1) is 27.4 Å². The van der Waals surface area contributed by atoms with Crippen LogP contribution in [0.1, 0.15) is 24.8 Å². The highest BCUT2D eigenvalue weighted by atomic mass is 16.6. The van der Waals surface area contributed by atoms with Crippen LogP contribution in [-0.2, 0) is 0 Å². The molecule has 0 unspecified atom stereocenters. The predicted molar refractivity (Wildman–Crippen MR) is 81.3 cm³/mol. The van der Waals surface area contributed by atoms with Crippen molar-refractivity contribution in [3.05, 3.63) is 33.9 Å². The van der Waals surface area contributed by atoms with Gasteiger partial charge >= 0.3 is 0 Å². The van der Waals surface area contributed by atoms with Crippen LogP contribution in [0.2, 0.25) is 0 Å². The van der Waals surface area contributed by atoms with Gasteiger partial charge < -0.3 is 10.2 Å². The number of benzene rings is 1. The first-order valence-corrected chi connectivity index (χ1v) is 7.23. The molecule has 1 N–H and O–H groups in total. The maximum atomic E-state index is 10.8. The van der Waals surface area contributed by atoms with E-state index in [0.717, 1.165) is 44.1 Å². The highest BCUT2D eigenvalue weighted by Gasteiger charge is 2.22. The van der Waals surface area contributed by atoms with Crippen molar-refractivity contribution in [3.8, 4) is 6.07 Å². The zero-order valence-corrected chi connectivity index (χ0v) is 12.2. The van der Waals surface area contributed by atoms with Crippen molar-refractivity contribution >= 4 is 11.4 Å². The topological polar surface area (TPSA) is 82.2 Å². The molecule has 1 heterocycles. The second kappa shape index (κ2) is 7.04. The number of nitrogens with one attached hydrogen (secondary N) is 1. The van der Waals surface area contributed by atoms with E-state index in [0.29, 0.717) is 5.56 Å². The van der Waals surface area contributed by atoms with Crippen molar-refractivity contribution in [1.29, 1.82) is 5.26 Å². The Balaban J connectivity index is 2.06. The minimum Gasteiger partial charge on any atom is -0.370 e. The Morgan fingerprint density at radius 1 is 1.48 bits per heavy atom. The number of nitriles is 1. The van der Waals surface area contributed by atoms with E-state index < -0.39 is 4.92 Å². The molecule has 21 heavy (non-hydrogen) atoms. The van der Waals surface area contributed by atoms with Gasteiger partial charge in [-0.05, 0) is 44.8 Å². The average molecular weight is 288 g/mol. The van der Waals surface area contributed by atoms with Crippen LogP contribution in [-0.4, -0.2) is 31.6 Å². The van der Waals surface area contributed by atoms with Crippen LogP contribution in [0.5, 0.6) is 0 Å². The molecule has 0 bridgehead atoms. The first-order valence-electron chi connectivity index (χ1n) is 7.23. The average Bonchev–Trinajstić information content (AvgIpc) is 2.52. The Hall–Kier alpha value is -2.13. The van der Waals surface area contributed by atoms with Gasteiger partial charge in [-0.1, -0.05) is 0 Å². The zero-order valence-electron chi connectivity index (χ0n) is 12.2. The Labute approximate surface area is 124 Å². The normalized spacial score (nSPS) is 15.7. The summed E-state index contributed by atoms with van der Waals surface area (Å²) in [6.45, 7) is 2.84. The summed E-state index contributed by atoms with van der Waals surface area (Å²) in [4.78, 5) is 12.5. The van der Waals surface area contributed by atoms with Gasteiger partial charge in [-0.2, -0.15) is 5.26 Å². The number of rotatable bonds is 5. The molecule has 112 valence electrons. The molecule has 1 saturated heterocycles. The van der Waals surface area contributed by atoms with Crippen LogP contribution in [0.3, 0.4) is 0 Å². The minimum absolute atomic E-state index is 0.0285. The molecule has 6 nitrogen and oxygen atoms in total. The van der Waals surface area contributed by atoms with Crippen LogP contribution >= 0.6 is 0 Å². The number of nitro groups is 1. The summed E-state index contributed by atoms with van der Waals surface area (Å²) in [5, 5.41) is 23.2. The smallest absolute Gasteiger partial charge is 0.270 e. The van der Waals surface area contributed by atoms with Gasteiger partial charge in [-0.3, -0.25) is 10.1 Å². The second-order valence-corrected chi connectivity index (χ2v) is 5.39. The Bertz CT molecular complexity index is 545. The van der Waals surface area contributed by atoms with Crippen LogP contribution in [0.15, 0.2) is 18.2 Å². The molecule has 1 aromatic rings. The van der Waals surface area contributed by atoms with Crippen molar-refractivity contribution in [1.82, 2.24) is 5.32 Å². The molecular formula is C15H20N4O2. The van der Waals surface area contributed by atoms with E-state index in [9.17, 15) is 15.4 Å². The summed E-state index contributed by atoms with van der Waals surface area (Å²) < 4.78 is 0. The van der Waals surface area contributed by atoms with E-state index in [1.165, 1.54) is 18.6 Å². The standard InChI is InChI=1S/C15H20N4O2/c1-17-7-4-12-5-8-18(9-6-12)15-3-2-14(19(20)21)10-13(15)11-16/h2-3,10,12,17H,4-9H2,1H3. The molecule has 0 atom stereocenters. The molecule has 0 amide bonds. The minimum atomic E-state index is -0.464. The van der Waals surface area contributed by atoms with Crippen LogP contribution in [0.4, 0.5) is 11.4 Å². The SMILES string of the molecule is CNCCC1CCN(c2ccc([N+](=O)[O-])cc2C#N)CC1. The molecule has 1 aromatic carbocycles. The largest absolute Gasteiger partial charge is 0.370 e. The fourth-order valence-corrected chi connectivity index (χ4v) is 2.81. The van der Waals surface area contributed by atoms with Crippen molar-refractivity contribution < 1.29 is 4.92 Å². The molecule has 0 radical (unpaired) electrons. The van der Waals surface area contributed by atoms with E-state index >= 15 is 0 Å². The quantitative estimate of drug-likeness (QED) is 0.664. The van der Waals surface area contributed by atoms with Gasteiger partial charge in [-0.25, -0.2) is 0 Å². The lowest BCUT2D eigenvalue weighted by molar-refractivity contribution is -0.384. The summed E-state index contributed by atoms with van der Waals surface area (Å²) in [5.41, 5.74) is 1.17. The third-order valence-electron chi connectivity index (χ3n) is 4.07. The van der Waals surface area contributed by atoms with Gasteiger partial charge in [0.05, 0.1) is 16.2 Å². The monoisotopic (exact) mass is 288 g/mol. The van der Waals surface area contributed by atoms with Gasteiger partial charge in [0.1, 0.15) is 6.07 Å². The number of piperidine rings is 1. The molecular weight excluding hydrogens is 268 g/mol. The van der Waals surface area contributed by atoms with Gasteiger partial charge in [0.25, 0.3) is 5.69 Å². The first kappa shape index (κ1) is 15.3. The number of nitrogens with zero attached hydrogens (tertiary/aromatic N) is 3. The van der Waals surface area contributed by atoms with Crippen molar-refractivity contribution in [2.24, 2.45) is 5.92 Å². The lowest BCUT2D eigenvalue weighted by atomic mass is 9.93. The predicted octanol–water partition coefficient (Wildman–Crippen LogP) is 2.29. The fraction of sp³-hybridized carbons (Fsp3) is 0.533. The van der Waals surface area contributed by atoms with Crippen LogP contribution in [0.25, 0.3) is 0 Å². The molecule has 2 rings (SSSR count). The van der Waals surface area contributed by atoms with E-state index in [1.54, 1.807) is 6.07 Å². The maximum absolute atomic E-state index is 10.8. The number of hydrogen-bond donors (Lipinski definition) is 1. The van der Waals surface area contributed by atoms with E-state index in [2.05, 4.69) is 16.3 Å².